The van der Waals surface area contributed by atoms with Gasteiger partial charge >= 0.3 is 0 Å². The number of halogens is 1. The van der Waals surface area contributed by atoms with Gasteiger partial charge in [0.25, 0.3) is 0 Å². The molecule has 16 heavy (non-hydrogen) atoms. The lowest BCUT2D eigenvalue weighted by molar-refractivity contribution is 0.241. The third kappa shape index (κ3) is 2.35. The Bertz CT molecular complexity index is 340. The summed E-state index contributed by atoms with van der Waals surface area (Å²) in [5.74, 6) is 0.750. The standard InChI is InChI=1S/C12H19BrN2S/c1-3-15-6-4-9(8-14-2)11(15)12-10(13)5-7-16-12/h5,7,9,11,14H,3-4,6,8H2,1-2H3. The molecule has 0 spiro atoms. The average Bonchev–Trinajstić information content (AvgIpc) is 2.85. The van der Waals surface area contributed by atoms with Gasteiger partial charge in [-0.15, -0.1) is 11.3 Å². The lowest BCUT2D eigenvalue weighted by Gasteiger charge is -2.26. The van der Waals surface area contributed by atoms with E-state index in [1.165, 1.54) is 22.3 Å². The van der Waals surface area contributed by atoms with Crippen LogP contribution in [0.2, 0.25) is 0 Å². The highest BCUT2D eigenvalue weighted by Crippen LogP contribution is 2.42. The molecule has 2 rings (SSSR count). The molecule has 1 saturated heterocycles. The van der Waals surface area contributed by atoms with Crippen LogP contribution in [0.3, 0.4) is 0 Å². The second-order valence-electron chi connectivity index (χ2n) is 4.31. The predicted octanol–water partition coefficient (Wildman–Crippen LogP) is 3.11. The fourth-order valence-electron chi connectivity index (χ4n) is 2.65. The van der Waals surface area contributed by atoms with Gasteiger partial charge in [0.15, 0.2) is 0 Å². The van der Waals surface area contributed by atoms with Crippen molar-refractivity contribution in [2.24, 2.45) is 5.92 Å². The highest BCUT2D eigenvalue weighted by molar-refractivity contribution is 9.10. The molecule has 1 aliphatic heterocycles. The Morgan fingerprint density at radius 3 is 3.00 bits per heavy atom. The van der Waals surface area contributed by atoms with Crippen LogP contribution in [0.5, 0.6) is 0 Å². The summed E-state index contributed by atoms with van der Waals surface area (Å²) in [5.41, 5.74) is 0. The van der Waals surface area contributed by atoms with E-state index in [1.807, 2.05) is 11.3 Å². The van der Waals surface area contributed by atoms with Crippen LogP contribution in [0.15, 0.2) is 15.9 Å². The first-order valence-electron chi connectivity index (χ1n) is 5.89. The Hall–Kier alpha value is 0.100. The molecule has 90 valence electrons. The van der Waals surface area contributed by atoms with Crippen LogP contribution in [-0.4, -0.2) is 31.6 Å². The van der Waals surface area contributed by atoms with Crippen LogP contribution in [0.4, 0.5) is 0 Å². The van der Waals surface area contributed by atoms with Crippen molar-refractivity contribution < 1.29 is 0 Å². The van der Waals surface area contributed by atoms with Crippen LogP contribution < -0.4 is 5.32 Å². The monoisotopic (exact) mass is 302 g/mol. The minimum atomic E-state index is 0.604. The predicted molar refractivity (Wildman–Crippen MR) is 74.0 cm³/mol. The normalized spacial score (nSPS) is 26.4. The van der Waals surface area contributed by atoms with Crippen molar-refractivity contribution >= 4 is 27.3 Å². The first kappa shape index (κ1) is 12.6. The number of likely N-dealkylation sites (tertiary alicyclic amines) is 1. The molecule has 1 aliphatic rings. The van der Waals surface area contributed by atoms with E-state index in [9.17, 15) is 0 Å². The zero-order valence-electron chi connectivity index (χ0n) is 9.87. The fourth-order valence-corrected chi connectivity index (χ4v) is 4.49. The molecule has 1 fully saturated rings. The highest BCUT2D eigenvalue weighted by Gasteiger charge is 2.35. The molecule has 2 atom stereocenters. The van der Waals surface area contributed by atoms with Crippen molar-refractivity contribution in [1.29, 1.82) is 0 Å². The lowest BCUT2D eigenvalue weighted by Crippen LogP contribution is -2.28. The van der Waals surface area contributed by atoms with Crippen molar-refractivity contribution in [2.75, 3.05) is 26.7 Å². The number of rotatable bonds is 4. The molecule has 1 aromatic rings. The molecular weight excluding hydrogens is 284 g/mol. The lowest BCUT2D eigenvalue weighted by atomic mass is 9.99. The van der Waals surface area contributed by atoms with E-state index in [0.29, 0.717) is 6.04 Å². The maximum atomic E-state index is 3.67. The Labute approximate surface area is 110 Å². The fraction of sp³-hybridized carbons (Fsp3) is 0.667. The van der Waals surface area contributed by atoms with Crippen LogP contribution in [0, 0.1) is 5.92 Å². The van der Waals surface area contributed by atoms with Gasteiger partial charge in [0, 0.05) is 15.4 Å². The van der Waals surface area contributed by atoms with Crippen molar-refractivity contribution in [3.8, 4) is 0 Å². The number of nitrogens with zero attached hydrogens (tertiary/aromatic N) is 1. The average molecular weight is 303 g/mol. The van der Waals surface area contributed by atoms with Gasteiger partial charge in [0.2, 0.25) is 0 Å². The molecule has 0 saturated carbocycles. The van der Waals surface area contributed by atoms with Gasteiger partial charge in [-0.05, 0) is 66.4 Å². The molecule has 2 unspecified atom stereocenters. The molecule has 4 heteroatoms. The van der Waals surface area contributed by atoms with E-state index in [2.05, 4.69) is 51.6 Å². The van der Waals surface area contributed by atoms with E-state index in [0.717, 1.165) is 19.0 Å². The number of hydrogen-bond donors (Lipinski definition) is 1. The minimum absolute atomic E-state index is 0.604. The molecule has 1 aromatic heterocycles. The first-order valence-corrected chi connectivity index (χ1v) is 7.56. The third-order valence-corrected chi connectivity index (χ3v) is 5.35. The number of thiophene rings is 1. The van der Waals surface area contributed by atoms with Crippen molar-refractivity contribution in [3.63, 3.8) is 0 Å². The summed E-state index contributed by atoms with van der Waals surface area (Å²) < 4.78 is 1.28. The van der Waals surface area contributed by atoms with Crippen molar-refractivity contribution in [2.45, 2.75) is 19.4 Å². The SMILES string of the molecule is CCN1CCC(CNC)C1c1sccc1Br. The van der Waals surface area contributed by atoms with E-state index in [1.54, 1.807) is 0 Å². The van der Waals surface area contributed by atoms with Crippen LogP contribution in [-0.2, 0) is 0 Å². The van der Waals surface area contributed by atoms with Crippen LogP contribution >= 0.6 is 27.3 Å². The molecule has 2 heterocycles. The maximum absolute atomic E-state index is 3.67. The van der Waals surface area contributed by atoms with Gasteiger partial charge in [0.05, 0.1) is 0 Å². The van der Waals surface area contributed by atoms with Gasteiger partial charge in [0.1, 0.15) is 0 Å². The number of hydrogen-bond acceptors (Lipinski definition) is 3. The Balaban J connectivity index is 2.22. The van der Waals surface area contributed by atoms with Gasteiger partial charge in [-0.2, -0.15) is 0 Å². The zero-order chi connectivity index (χ0) is 11.5. The second kappa shape index (κ2) is 5.63. The van der Waals surface area contributed by atoms with Gasteiger partial charge in [-0.1, -0.05) is 6.92 Å². The smallest absolute Gasteiger partial charge is 0.0493 e. The summed E-state index contributed by atoms with van der Waals surface area (Å²) in [7, 11) is 2.05. The molecule has 0 aromatic carbocycles. The maximum Gasteiger partial charge on any atom is 0.0493 e. The topological polar surface area (TPSA) is 15.3 Å². The Kier molecular flexibility index (Phi) is 4.41. The molecule has 0 amide bonds. The minimum Gasteiger partial charge on any atom is -0.319 e. The van der Waals surface area contributed by atoms with E-state index in [4.69, 9.17) is 0 Å². The van der Waals surface area contributed by atoms with Crippen molar-refractivity contribution in [1.82, 2.24) is 10.2 Å². The molecule has 2 nitrogen and oxygen atoms in total. The second-order valence-corrected chi connectivity index (χ2v) is 6.11. The molecule has 0 aliphatic carbocycles. The zero-order valence-corrected chi connectivity index (χ0v) is 12.3. The molecule has 0 bridgehead atoms. The molecule has 1 N–H and O–H groups in total. The highest BCUT2D eigenvalue weighted by atomic mass is 79.9. The largest absolute Gasteiger partial charge is 0.319 e. The first-order chi connectivity index (χ1) is 7.77. The Morgan fingerprint density at radius 2 is 2.44 bits per heavy atom. The Morgan fingerprint density at radius 1 is 1.62 bits per heavy atom. The van der Waals surface area contributed by atoms with Crippen LogP contribution in [0.25, 0.3) is 0 Å². The summed E-state index contributed by atoms with van der Waals surface area (Å²) in [5, 5.41) is 5.51. The van der Waals surface area contributed by atoms with E-state index >= 15 is 0 Å². The van der Waals surface area contributed by atoms with Gasteiger partial charge < -0.3 is 5.32 Å². The van der Waals surface area contributed by atoms with Crippen LogP contribution in [0.1, 0.15) is 24.3 Å². The summed E-state index contributed by atoms with van der Waals surface area (Å²) in [4.78, 5) is 4.10. The summed E-state index contributed by atoms with van der Waals surface area (Å²) in [6, 6.07) is 2.77. The summed E-state index contributed by atoms with van der Waals surface area (Å²) in [6.45, 7) is 5.76. The summed E-state index contributed by atoms with van der Waals surface area (Å²) >= 11 is 5.55. The number of nitrogens with one attached hydrogen (secondary N) is 1. The van der Waals surface area contributed by atoms with Crippen molar-refractivity contribution in [3.05, 3.63) is 20.8 Å². The van der Waals surface area contributed by atoms with E-state index < -0.39 is 0 Å². The molecular formula is C12H19BrN2S. The summed E-state index contributed by atoms with van der Waals surface area (Å²) in [6.07, 6.45) is 1.31. The molecule has 0 radical (unpaired) electrons. The third-order valence-electron chi connectivity index (χ3n) is 3.41. The van der Waals surface area contributed by atoms with Gasteiger partial charge in [-0.25, -0.2) is 0 Å². The quantitative estimate of drug-likeness (QED) is 0.919. The van der Waals surface area contributed by atoms with E-state index in [-0.39, 0.29) is 0 Å². The van der Waals surface area contributed by atoms with Gasteiger partial charge in [-0.3, -0.25) is 4.90 Å².